The van der Waals surface area contributed by atoms with E-state index in [1.165, 1.54) is 75.1 Å². The predicted molar refractivity (Wildman–Crippen MR) is 176 cm³/mol. The second kappa shape index (κ2) is 9.92. The maximum atomic E-state index is 4.62. The van der Waals surface area contributed by atoms with Gasteiger partial charge in [-0.1, -0.05) is 139 Å². The van der Waals surface area contributed by atoms with E-state index in [-0.39, 0.29) is 0 Å². The molecule has 192 valence electrons. The van der Waals surface area contributed by atoms with E-state index in [4.69, 9.17) is 0 Å². The van der Waals surface area contributed by atoms with Crippen molar-refractivity contribution in [2.75, 3.05) is 0 Å². The lowest BCUT2D eigenvalue weighted by Gasteiger charge is -2.18. The molecule has 0 N–H and O–H groups in total. The van der Waals surface area contributed by atoms with Crippen molar-refractivity contribution >= 4 is 54.9 Å². The summed E-state index contributed by atoms with van der Waals surface area (Å²) in [5.41, 5.74) is 4.98. The Hall–Kier alpha value is -4.92. The van der Waals surface area contributed by atoms with Gasteiger partial charge in [0.1, 0.15) is 0 Å². The van der Waals surface area contributed by atoms with Crippen molar-refractivity contribution in [3.63, 3.8) is 0 Å². The van der Waals surface area contributed by atoms with Crippen LogP contribution in [0, 0.1) is 0 Å². The number of nitrogens with zero attached hydrogens (tertiary/aromatic N) is 1. The van der Waals surface area contributed by atoms with E-state index in [0.29, 0.717) is 0 Å². The molecule has 0 radical (unpaired) electrons. The maximum Gasteiger partial charge on any atom is 0.0353 e. The summed E-state index contributed by atoms with van der Waals surface area (Å²) in [6, 6.07) is 50.3. The van der Waals surface area contributed by atoms with Gasteiger partial charge in [0.15, 0.2) is 0 Å². The van der Waals surface area contributed by atoms with Crippen LogP contribution in [-0.2, 0) is 0 Å². The summed E-state index contributed by atoms with van der Waals surface area (Å²) in [5.74, 6) is 0. The van der Waals surface area contributed by atoms with Crippen LogP contribution in [0.4, 0.5) is 0 Å². The third-order valence-electron chi connectivity index (χ3n) is 8.02. The van der Waals surface area contributed by atoms with Crippen molar-refractivity contribution < 1.29 is 0 Å². The third-order valence-corrected chi connectivity index (χ3v) is 9.24. The van der Waals surface area contributed by atoms with Crippen LogP contribution in [0.1, 0.15) is 0 Å². The molecule has 0 aliphatic carbocycles. The molecule has 0 saturated heterocycles. The molecule has 41 heavy (non-hydrogen) atoms. The van der Waals surface area contributed by atoms with Crippen molar-refractivity contribution in [3.8, 4) is 22.3 Å². The Morgan fingerprint density at radius 2 is 1.07 bits per heavy atom. The fraction of sp³-hybridized carbons (Fsp3) is 0. The molecule has 0 fully saturated rings. The second-order valence-corrected chi connectivity index (χ2v) is 11.4. The van der Waals surface area contributed by atoms with Gasteiger partial charge in [-0.3, -0.25) is 4.98 Å². The first-order valence-corrected chi connectivity index (χ1v) is 14.7. The Bertz CT molecular complexity index is 2170. The van der Waals surface area contributed by atoms with Crippen molar-refractivity contribution in [2.45, 2.75) is 9.79 Å². The highest BCUT2D eigenvalue weighted by atomic mass is 32.2. The molecule has 0 aliphatic rings. The zero-order valence-electron chi connectivity index (χ0n) is 22.3. The van der Waals surface area contributed by atoms with Gasteiger partial charge < -0.3 is 0 Å². The molecule has 0 atom stereocenters. The number of benzene rings is 7. The minimum Gasteiger partial charge on any atom is -0.264 e. The molecule has 0 aliphatic heterocycles. The lowest BCUT2D eigenvalue weighted by Crippen LogP contribution is -1.91. The molecular formula is C39H25NS. The van der Waals surface area contributed by atoms with Crippen LogP contribution < -0.4 is 0 Å². The third kappa shape index (κ3) is 3.99. The van der Waals surface area contributed by atoms with E-state index >= 15 is 0 Å². The van der Waals surface area contributed by atoms with Gasteiger partial charge in [-0.25, -0.2) is 0 Å². The van der Waals surface area contributed by atoms with Crippen molar-refractivity contribution in [3.05, 3.63) is 152 Å². The van der Waals surface area contributed by atoms with Crippen molar-refractivity contribution in [1.82, 2.24) is 4.98 Å². The molecule has 8 rings (SSSR count). The maximum absolute atomic E-state index is 4.62. The normalized spacial score (nSPS) is 11.5. The van der Waals surface area contributed by atoms with Gasteiger partial charge in [-0.05, 0) is 72.1 Å². The fourth-order valence-corrected chi connectivity index (χ4v) is 7.38. The fourth-order valence-electron chi connectivity index (χ4n) is 6.16. The van der Waals surface area contributed by atoms with Crippen LogP contribution in [0.2, 0.25) is 0 Å². The molecule has 1 aromatic heterocycles. The van der Waals surface area contributed by atoms with E-state index in [2.05, 4.69) is 145 Å². The summed E-state index contributed by atoms with van der Waals surface area (Å²) < 4.78 is 0. The topological polar surface area (TPSA) is 12.9 Å². The first kappa shape index (κ1) is 23.9. The zero-order valence-corrected chi connectivity index (χ0v) is 23.1. The molecule has 0 spiro atoms. The summed E-state index contributed by atoms with van der Waals surface area (Å²) in [7, 11) is 0. The molecular weight excluding hydrogens is 515 g/mol. The molecule has 8 aromatic rings. The standard InChI is InChI=1S/C39H25NS/c1-2-11-26(12-3-1)29-21-22-37(31-17-7-6-16-30(29)31)41-39-34-19-9-8-18-33(34)38(36-25-40-24-23-35(36)39)32-20-10-14-27-13-4-5-15-28(27)32/h1-25H. The average Bonchev–Trinajstić information content (AvgIpc) is 3.05. The van der Waals surface area contributed by atoms with E-state index in [1.807, 2.05) is 24.2 Å². The van der Waals surface area contributed by atoms with E-state index in [9.17, 15) is 0 Å². The lowest BCUT2D eigenvalue weighted by molar-refractivity contribution is 1.36. The average molecular weight is 540 g/mol. The summed E-state index contributed by atoms with van der Waals surface area (Å²) in [5, 5.41) is 9.95. The van der Waals surface area contributed by atoms with Gasteiger partial charge in [-0.15, -0.1) is 0 Å². The Kier molecular flexibility index (Phi) is 5.79. The Morgan fingerprint density at radius 3 is 1.93 bits per heavy atom. The number of aromatic nitrogens is 1. The molecule has 0 amide bonds. The highest BCUT2D eigenvalue weighted by molar-refractivity contribution is 8.00. The van der Waals surface area contributed by atoms with Gasteiger partial charge in [0.05, 0.1) is 0 Å². The van der Waals surface area contributed by atoms with Crippen LogP contribution in [-0.4, -0.2) is 4.98 Å². The van der Waals surface area contributed by atoms with Gasteiger partial charge in [0.2, 0.25) is 0 Å². The first-order valence-electron chi connectivity index (χ1n) is 13.9. The molecule has 1 heterocycles. The van der Waals surface area contributed by atoms with Gasteiger partial charge in [0, 0.05) is 27.6 Å². The Balaban J connectivity index is 1.39. The largest absolute Gasteiger partial charge is 0.264 e. The molecule has 0 saturated carbocycles. The lowest BCUT2D eigenvalue weighted by atomic mass is 9.90. The first-order chi connectivity index (χ1) is 20.4. The van der Waals surface area contributed by atoms with Gasteiger partial charge in [-0.2, -0.15) is 0 Å². The summed E-state index contributed by atoms with van der Waals surface area (Å²) in [6.07, 6.45) is 3.96. The van der Waals surface area contributed by atoms with Crippen LogP contribution >= 0.6 is 11.8 Å². The van der Waals surface area contributed by atoms with E-state index < -0.39 is 0 Å². The molecule has 1 nitrogen and oxygen atoms in total. The van der Waals surface area contributed by atoms with Gasteiger partial charge in [0.25, 0.3) is 0 Å². The molecule has 7 aromatic carbocycles. The number of hydrogen-bond donors (Lipinski definition) is 0. The highest BCUT2D eigenvalue weighted by Crippen LogP contribution is 2.47. The second-order valence-electron chi connectivity index (χ2n) is 10.3. The highest BCUT2D eigenvalue weighted by Gasteiger charge is 2.19. The predicted octanol–water partition coefficient (Wildman–Crippen LogP) is 11.2. The molecule has 0 bridgehead atoms. The van der Waals surface area contributed by atoms with Crippen molar-refractivity contribution in [2.24, 2.45) is 0 Å². The van der Waals surface area contributed by atoms with Crippen LogP contribution in [0.15, 0.2) is 162 Å². The Morgan fingerprint density at radius 1 is 0.415 bits per heavy atom. The zero-order chi connectivity index (χ0) is 27.2. The van der Waals surface area contributed by atoms with Crippen LogP contribution in [0.3, 0.4) is 0 Å². The van der Waals surface area contributed by atoms with Crippen molar-refractivity contribution in [1.29, 1.82) is 0 Å². The smallest absolute Gasteiger partial charge is 0.0353 e. The van der Waals surface area contributed by atoms with E-state index in [0.717, 1.165) is 0 Å². The minimum atomic E-state index is 1.18. The number of rotatable bonds is 4. The summed E-state index contributed by atoms with van der Waals surface area (Å²) >= 11 is 1.86. The number of fused-ring (bicyclic) bond motifs is 4. The van der Waals surface area contributed by atoms with Crippen LogP contribution in [0.25, 0.3) is 65.3 Å². The minimum absolute atomic E-state index is 1.18. The van der Waals surface area contributed by atoms with Crippen LogP contribution in [0.5, 0.6) is 0 Å². The molecule has 2 heteroatoms. The SMILES string of the molecule is c1ccc(-c2ccc(Sc3c4ccccc4c(-c4cccc5ccccc45)c4cnccc34)c3ccccc23)cc1. The quantitative estimate of drug-likeness (QED) is 0.206. The molecule has 0 unspecified atom stereocenters. The summed E-state index contributed by atoms with van der Waals surface area (Å²) in [4.78, 5) is 7.13. The number of hydrogen-bond acceptors (Lipinski definition) is 2. The van der Waals surface area contributed by atoms with Gasteiger partial charge >= 0.3 is 0 Å². The monoisotopic (exact) mass is 539 g/mol. The van der Waals surface area contributed by atoms with E-state index in [1.54, 1.807) is 0 Å². The Labute approximate surface area is 243 Å². The summed E-state index contributed by atoms with van der Waals surface area (Å²) in [6.45, 7) is 0. The number of pyridine rings is 1.